The highest BCUT2D eigenvalue weighted by molar-refractivity contribution is 7.89. The highest BCUT2D eigenvalue weighted by Crippen LogP contribution is 2.05. The molecule has 2 N–H and O–H groups in total. The van der Waals surface area contributed by atoms with Crippen LogP contribution in [0.5, 0.6) is 0 Å². The molecule has 0 rings (SSSR count). The molecule has 5 heteroatoms. The zero-order chi connectivity index (χ0) is 12.4. The molecule has 0 heterocycles. The summed E-state index contributed by atoms with van der Waals surface area (Å²) in [7, 11) is -1.34. The van der Waals surface area contributed by atoms with Crippen molar-refractivity contribution < 1.29 is 8.42 Å². The van der Waals surface area contributed by atoms with E-state index in [2.05, 4.69) is 17.0 Å². The van der Waals surface area contributed by atoms with Gasteiger partial charge in [-0.1, -0.05) is 32.6 Å². The standard InChI is InChI=1S/C11H26N2O2S/c1-4-5-6-7-8-11(2)13-16(14,15)10-9-12-3/h11-13H,4-10H2,1-3H3. The Kier molecular flexibility index (Phi) is 8.89. The molecule has 98 valence electrons. The minimum atomic E-state index is -3.10. The van der Waals surface area contributed by atoms with E-state index in [9.17, 15) is 8.42 Å². The third kappa shape index (κ3) is 9.12. The minimum Gasteiger partial charge on any atom is -0.319 e. The van der Waals surface area contributed by atoms with Crippen LogP contribution in [0.1, 0.15) is 46.0 Å². The minimum absolute atomic E-state index is 0.0544. The van der Waals surface area contributed by atoms with Gasteiger partial charge in [0.1, 0.15) is 0 Å². The first kappa shape index (κ1) is 15.9. The first-order valence-corrected chi connectivity index (χ1v) is 7.81. The van der Waals surface area contributed by atoms with Crippen LogP contribution in [0.25, 0.3) is 0 Å². The molecular formula is C11H26N2O2S. The second kappa shape index (κ2) is 8.96. The summed E-state index contributed by atoms with van der Waals surface area (Å²) in [5.74, 6) is 0.156. The lowest BCUT2D eigenvalue weighted by Crippen LogP contribution is -2.36. The van der Waals surface area contributed by atoms with Crippen LogP contribution in [0.3, 0.4) is 0 Å². The maximum Gasteiger partial charge on any atom is 0.213 e. The Morgan fingerprint density at radius 3 is 2.44 bits per heavy atom. The Balaban J connectivity index is 3.72. The molecule has 16 heavy (non-hydrogen) atoms. The summed E-state index contributed by atoms with van der Waals surface area (Å²) in [5.41, 5.74) is 0. The Labute approximate surface area is 100 Å². The summed E-state index contributed by atoms with van der Waals surface area (Å²) in [4.78, 5) is 0. The number of nitrogens with one attached hydrogen (secondary N) is 2. The highest BCUT2D eigenvalue weighted by atomic mass is 32.2. The van der Waals surface area contributed by atoms with E-state index in [-0.39, 0.29) is 11.8 Å². The molecule has 0 saturated carbocycles. The van der Waals surface area contributed by atoms with Crippen molar-refractivity contribution in [2.45, 2.75) is 52.0 Å². The average molecular weight is 250 g/mol. The van der Waals surface area contributed by atoms with E-state index < -0.39 is 10.0 Å². The van der Waals surface area contributed by atoms with Gasteiger partial charge in [0.25, 0.3) is 0 Å². The van der Waals surface area contributed by atoms with Crippen LogP contribution in [0, 0.1) is 0 Å². The van der Waals surface area contributed by atoms with Crippen LogP contribution in [0.4, 0.5) is 0 Å². The molecule has 0 aromatic heterocycles. The van der Waals surface area contributed by atoms with Crippen LogP contribution >= 0.6 is 0 Å². The van der Waals surface area contributed by atoms with Crippen molar-refractivity contribution in [1.29, 1.82) is 0 Å². The predicted molar refractivity (Wildman–Crippen MR) is 69.1 cm³/mol. The van der Waals surface area contributed by atoms with Gasteiger partial charge >= 0.3 is 0 Å². The molecule has 0 aliphatic rings. The maximum atomic E-state index is 11.5. The molecule has 0 saturated heterocycles. The predicted octanol–water partition coefficient (Wildman–Crippen LogP) is 1.48. The first-order valence-electron chi connectivity index (χ1n) is 6.16. The normalized spacial score (nSPS) is 13.9. The lowest BCUT2D eigenvalue weighted by atomic mass is 10.1. The molecule has 0 aliphatic heterocycles. The fourth-order valence-electron chi connectivity index (χ4n) is 1.54. The Bertz CT molecular complexity index is 253. The van der Waals surface area contributed by atoms with Gasteiger partial charge in [-0.25, -0.2) is 13.1 Å². The van der Waals surface area contributed by atoms with E-state index in [0.717, 1.165) is 12.8 Å². The van der Waals surface area contributed by atoms with E-state index in [0.29, 0.717) is 6.54 Å². The monoisotopic (exact) mass is 250 g/mol. The SMILES string of the molecule is CCCCCCC(C)NS(=O)(=O)CCNC. The van der Waals surface area contributed by atoms with Crippen LogP contribution in [-0.4, -0.2) is 33.8 Å². The molecule has 0 amide bonds. The molecule has 1 unspecified atom stereocenters. The maximum absolute atomic E-state index is 11.5. The van der Waals surface area contributed by atoms with Crippen LogP contribution in [0.2, 0.25) is 0 Å². The van der Waals surface area contributed by atoms with Crippen molar-refractivity contribution in [3.8, 4) is 0 Å². The third-order valence-electron chi connectivity index (χ3n) is 2.49. The van der Waals surface area contributed by atoms with E-state index in [1.165, 1.54) is 19.3 Å². The van der Waals surface area contributed by atoms with E-state index in [4.69, 9.17) is 0 Å². The molecule has 0 aliphatic carbocycles. The smallest absolute Gasteiger partial charge is 0.213 e. The second-order valence-electron chi connectivity index (χ2n) is 4.29. The molecule has 0 bridgehead atoms. The zero-order valence-corrected chi connectivity index (χ0v) is 11.6. The number of hydrogen-bond donors (Lipinski definition) is 2. The molecule has 0 aromatic carbocycles. The number of hydrogen-bond acceptors (Lipinski definition) is 3. The van der Waals surface area contributed by atoms with Crippen molar-refractivity contribution >= 4 is 10.0 Å². The lowest BCUT2D eigenvalue weighted by molar-refractivity contribution is 0.521. The average Bonchev–Trinajstić information content (AvgIpc) is 2.21. The summed E-state index contributed by atoms with van der Waals surface area (Å²) in [5, 5.41) is 2.84. The number of sulfonamides is 1. The quantitative estimate of drug-likeness (QED) is 0.577. The summed E-state index contributed by atoms with van der Waals surface area (Å²) < 4.78 is 25.8. The van der Waals surface area contributed by atoms with Gasteiger partial charge in [-0.2, -0.15) is 0 Å². The Hall–Kier alpha value is -0.130. The zero-order valence-electron chi connectivity index (χ0n) is 10.8. The molecule has 1 atom stereocenters. The van der Waals surface area contributed by atoms with E-state index >= 15 is 0 Å². The summed E-state index contributed by atoms with van der Waals surface area (Å²) in [6.45, 7) is 4.60. The highest BCUT2D eigenvalue weighted by Gasteiger charge is 2.13. The van der Waals surface area contributed by atoms with Crippen molar-refractivity contribution in [2.24, 2.45) is 0 Å². The summed E-state index contributed by atoms with van der Waals surface area (Å²) in [6.07, 6.45) is 5.67. The van der Waals surface area contributed by atoms with Crippen molar-refractivity contribution in [1.82, 2.24) is 10.0 Å². The first-order chi connectivity index (χ1) is 7.52. The second-order valence-corrected chi connectivity index (χ2v) is 6.16. The van der Waals surface area contributed by atoms with Gasteiger partial charge in [0.15, 0.2) is 0 Å². The number of unbranched alkanes of at least 4 members (excludes halogenated alkanes) is 3. The Morgan fingerprint density at radius 2 is 1.88 bits per heavy atom. The summed E-state index contributed by atoms with van der Waals surface area (Å²) in [6, 6.07) is 0.0544. The van der Waals surface area contributed by atoms with E-state index in [1.54, 1.807) is 7.05 Å². The fourth-order valence-corrected chi connectivity index (χ4v) is 2.86. The van der Waals surface area contributed by atoms with Crippen molar-refractivity contribution in [3.05, 3.63) is 0 Å². The molecule has 0 aromatic rings. The topological polar surface area (TPSA) is 58.2 Å². The largest absolute Gasteiger partial charge is 0.319 e. The molecule has 0 radical (unpaired) electrons. The molecule has 0 spiro atoms. The van der Waals surface area contributed by atoms with E-state index in [1.807, 2.05) is 6.92 Å². The number of rotatable bonds is 10. The molecular weight excluding hydrogens is 224 g/mol. The summed E-state index contributed by atoms with van der Waals surface area (Å²) >= 11 is 0. The Morgan fingerprint density at radius 1 is 1.19 bits per heavy atom. The van der Waals surface area contributed by atoms with Gasteiger partial charge in [-0.3, -0.25) is 0 Å². The van der Waals surface area contributed by atoms with Crippen molar-refractivity contribution in [2.75, 3.05) is 19.3 Å². The van der Waals surface area contributed by atoms with Gasteiger partial charge < -0.3 is 5.32 Å². The van der Waals surface area contributed by atoms with Crippen LogP contribution in [-0.2, 0) is 10.0 Å². The van der Waals surface area contributed by atoms with Crippen LogP contribution < -0.4 is 10.0 Å². The molecule has 4 nitrogen and oxygen atoms in total. The third-order valence-corrected chi connectivity index (χ3v) is 4.00. The van der Waals surface area contributed by atoms with Gasteiger partial charge in [0.2, 0.25) is 10.0 Å². The lowest BCUT2D eigenvalue weighted by Gasteiger charge is -2.13. The molecule has 0 fully saturated rings. The van der Waals surface area contributed by atoms with Crippen LogP contribution in [0.15, 0.2) is 0 Å². The van der Waals surface area contributed by atoms with Gasteiger partial charge in [0, 0.05) is 12.6 Å². The fraction of sp³-hybridized carbons (Fsp3) is 1.00. The van der Waals surface area contributed by atoms with Gasteiger partial charge in [-0.15, -0.1) is 0 Å². The van der Waals surface area contributed by atoms with Crippen molar-refractivity contribution in [3.63, 3.8) is 0 Å². The van der Waals surface area contributed by atoms with Gasteiger partial charge in [-0.05, 0) is 20.4 Å². The van der Waals surface area contributed by atoms with Gasteiger partial charge in [0.05, 0.1) is 5.75 Å².